The molecule has 0 spiro atoms. The van der Waals surface area contributed by atoms with Gasteiger partial charge in [0.2, 0.25) is 0 Å². The Morgan fingerprint density at radius 2 is 2.24 bits per heavy atom. The third kappa shape index (κ3) is 3.92. The number of para-hydroxylation sites is 1. The van der Waals surface area contributed by atoms with E-state index in [0.717, 1.165) is 11.5 Å². The van der Waals surface area contributed by atoms with E-state index in [2.05, 4.69) is 19.2 Å². The SMILES string of the molecule is CO/N=C(/C(=O)NSC)c1ccccc1Oc1ncns1. The first kappa shape index (κ1) is 15.3. The van der Waals surface area contributed by atoms with Gasteiger partial charge in [-0.2, -0.15) is 9.36 Å². The molecule has 0 radical (unpaired) electrons. The minimum atomic E-state index is -0.377. The zero-order valence-electron chi connectivity index (χ0n) is 11.3. The minimum absolute atomic E-state index is 0.118. The first-order valence-electron chi connectivity index (χ1n) is 5.74. The largest absolute Gasteiger partial charge is 0.429 e. The number of nitrogens with zero attached hydrogens (tertiary/aromatic N) is 3. The highest BCUT2D eigenvalue weighted by Crippen LogP contribution is 2.26. The Balaban J connectivity index is 2.36. The van der Waals surface area contributed by atoms with Crippen LogP contribution in [0.15, 0.2) is 35.7 Å². The second-order valence-corrected chi connectivity index (χ2v) is 4.92. The molecule has 1 amide bonds. The molecule has 2 aromatic rings. The van der Waals surface area contributed by atoms with Crippen molar-refractivity contribution in [3.63, 3.8) is 0 Å². The molecule has 1 aromatic heterocycles. The molecule has 7 nitrogen and oxygen atoms in total. The summed E-state index contributed by atoms with van der Waals surface area (Å²) >= 11 is 2.28. The van der Waals surface area contributed by atoms with Gasteiger partial charge in [0, 0.05) is 17.8 Å². The van der Waals surface area contributed by atoms with Crippen LogP contribution in [0.25, 0.3) is 0 Å². The lowest BCUT2D eigenvalue weighted by molar-refractivity contribution is -0.113. The van der Waals surface area contributed by atoms with Crippen LogP contribution in [0.1, 0.15) is 5.56 Å². The molecule has 0 fully saturated rings. The maximum Gasteiger partial charge on any atom is 0.298 e. The molecule has 0 aliphatic rings. The zero-order chi connectivity index (χ0) is 15.1. The molecule has 1 heterocycles. The monoisotopic (exact) mass is 324 g/mol. The number of oxime groups is 1. The Morgan fingerprint density at radius 3 is 2.90 bits per heavy atom. The summed E-state index contributed by atoms with van der Waals surface area (Å²) in [6.07, 6.45) is 3.14. The predicted octanol–water partition coefficient (Wildman–Crippen LogP) is 2.08. The summed E-state index contributed by atoms with van der Waals surface area (Å²) in [4.78, 5) is 20.8. The van der Waals surface area contributed by atoms with Crippen molar-refractivity contribution in [1.82, 2.24) is 14.1 Å². The van der Waals surface area contributed by atoms with Crippen LogP contribution in [-0.2, 0) is 9.63 Å². The van der Waals surface area contributed by atoms with Crippen molar-refractivity contribution in [2.24, 2.45) is 5.16 Å². The molecule has 2 rings (SSSR count). The lowest BCUT2D eigenvalue weighted by Crippen LogP contribution is -2.27. The summed E-state index contributed by atoms with van der Waals surface area (Å²) in [6.45, 7) is 0. The van der Waals surface area contributed by atoms with E-state index < -0.39 is 0 Å². The van der Waals surface area contributed by atoms with Gasteiger partial charge in [0.05, 0.1) is 5.56 Å². The van der Waals surface area contributed by atoms with Crippen molar-refractivity contribution < 1.29 is 14.4 Å². The number of ether oxygens (including phenoxy) is 1. The third-order valence-electron chi connectivity index (χ3n) is 2.27. The molecule has 0 bridgehead atoms. The van der Waals surface area contributed by atoms with Crippen molar-refractivity contribution >= 4 is 35.1 Å². The van der Waals surface area contributed by atoms with Gasteiger partial charge >= 0.3 is 0 Å². The molecule has 0 unspecified atom stereocenters. The van der Waals surface area contributed by atoms with Gasteiger partial charge in [-0.25, -0.2) is 0 Å². The van der Waals surface area contributed by atoms with Gasteiger partial charge < -0.3 is 9.57 Å². The molecule has 21 heavy (non-hydrogen) atoms. The Morgan fingerprint density at radius 1 is 1.43 bits per heavy atom. The van der Waals surface area contributed by atoms with Gasteiger partial charge in [0.25, 0.3) is 11.1 Å². The van der Waals surface area contributed by atoms with Crippen LogP contribution in [-0.4, -0.2) is 34.3 Å². The first-order valence-corrected chi connectivity index (χ1v) is 7.74. The second kappa shape index (κ2) is 7.60. The molecule has 0 aliphatic heterocycles. The van der Waals surface area contributed by atoms with Crippen molar-refractivity contribution in [1.29, 1.82) is 0 Å². The van der Waals surface area contributed by atoms with Crippen LogP contribution in [0.4, 0.5) is 0 Å². The van der Waals surface area contributed by atoms with Crippen LogP contribution in [0.2, 0.25) is 0 Å². The van der Waals surface area contributed by atoms with Crippen LogP contribution in [0.3, 0.4) is 0 Å². The summed E-state index contributed by atoms with van der Waals surface area (Å²) in [5.41, 5.74) is 0.619. The topological polar surface area (TPSA) is 85.7 Å². The molecule has 0 saturated carbocycles. The Hall–Kier alpha value is -2.13. The molecule has 9 heteroatoms. The number of hydrogen-bond acceptors (Lipinski definition) is 8. The summed E-state index contributed by atoms with van der Waals surface area (Å²) in [7, 11) is 1.38. The number of benzene rings is 1. The van der Waals surface area contributed by atoms with E-state index in [9.17, 15) is 4.79 Å². The van der Waals surface area contributed by atoms with Gasteiger partial charge in [-0.05, 0) is 12.1 Å². The summed E-state index contributed by atoms with van der Waals surface area (Å²) < 4.78 is 12.1. The van der Waals surface area contributed by atoms with E-state index in [1.165, 1.54) is 25.4 Å². The average Bonchev–Trinajstić information content (AvgIpc) is 2.99. The van der Waals surface area contributed by atoms with Crippen molar-refractivity contribution in [2.45, 2.75) is 0 Å². The lowest BCUT2D eigenvalue weighted by Gasteiger charge is -2.10. The second-order valence-electron chi connectivity index (χ2n) is 3.56. The molecule has 0 atom stereocenters. The molecule has 0 aliphatic carbocycles. The van der Waals surface area contributed by atoms with E-state index in [-0.39, 0.29) is 11.6 Å². The average molecular weight is 324 g/mol. The summed E-state index contributed by atoms with van der Waals surface area (Å²) in [5.74, 6) is 0.0685. The van der Waals surface area contributed by atoms with Gasteiger partial charge in [-0.1, -0.05) is 29.2 Å². The number of hydrogen-bond donors (Lipinski definition) is 1. The predicted molar refractivity (Wildman–Crippen MR) is 81.6 cm³/mol. The number of amides is 1. The quantitative estimate of drug-likeness (QED) is 0.497. The maximum atomic E-state index is 12.1. The van der Waals surface area contributed by atoms with Crippen molar-refractivity contribution in [3.05, 3.63) is 36.2 Å². The molecule has 0 saturated heterocycles. The molecule has 1 aromatic carbocycles. The number of carbonyl (C=O) groups excluding carboxylic acids is 1. The molecular weight excluding hydrogens is 312 g/mol. The Labute approximate surface area is 129 Å². The van der Waals surface area contributed by atoms with Gasteiger partial charge in [0.1, 0.15) is 19.2 Å². The Bertz CT molecular complexity index is 631. The smallest absolute Gasteiger partial charge is 0.298 e. The number of nitrogens with one attached hydrogen (secondary N) is 1. The Kier molecular flexibility index (Phi) is 5.52. The maximum absolute atomic E-state index is 12.1. The summed E-state index contributed by atoms with van der Waals surface area (Å²) in [6, 6.07) is 7.00. The fraction of sp³-hybridized carbons (Fsp3) is 0.167. The van der Waals surface area contributed by atoms with E-state index in [0.29, 0.717) is 16.5 Å². The van der Waals surface area contributed by atoms with Crippen molar-refractivity contribution in [2.75, 3.05) is 13.4 Å². The minimum Gasteiger partial charge on any atom is -0.429 e. The van der Waals surface area contributed by atoms with Gasteiger partial charge in [-0.3, -0.25) is 9.52 Å². The zero-order valence-corrected chi connectivity index (χ0v) is 12.9. The molecule has 110 valence electrons. The fourth-order valence-corrected chi connectivity index (χ4v) is 2.19. The van der Waals surface area contributed by atoms with Gasteiger partial charge in [-0.15, -0.1) is 0 Å². The molecular formula is C12H12N4O3S2. The number of aromatic nitrogens is 2. The molecule has 1 N–H and O–H groups in total. The van der Waals surface area contributed by atoms with E-state index in [4.69, 9.17) is 9.57 Å². The standard InChI is InChI=1S/C12H12N4O3S2/c1-18-15-10(11(17)16-20-2)8-5-3-4-6-9(8)19-12-13-7-14-21-12/h3-7H,1-2H3,(H,16,17)/b15-10+. The van der Waals surface area contributed by atoms with Crippen LogP contribution < -0.4 is 9.46 Å². The van der Waals surface area contributed by atoms with E-state index in [1.807, 2.05) is 0 Å². The summed E-state index contributed by atoms with van der Waals surface area (Å²) in [5, 5.41) is 4.16. The fourth-order valence-electron chi connectivity index (χ4n) is 1.50. The van der Waals surface area contributed by atoms with Crippen LogP contribution in [0, 0.1) is 0 Å². The normalized spacial score (nSPS) is 11.0. The van der Waals surface area contributed by atoms with E-state index >= 15 is 0 Å². The van der Waals surface area contributed by atoms with Crippen LogP contribution >= 0.6 is 23.5 Å². The van der Waals surface area contributed by atoms with E-state index in [1.54, 1.807) is 30.5 Å². The van der Waals surface area contributed by atoms with Crippen LogP contribution in [0.5, 0.6) is 10.9 Å². The highest BCUT2D eigenvalue weighted by molar-refractivity contribution is 7.97. The lowest BCUT2D eigenvalue weighted by atomic mass is 10.1. The van der Waals surface area contributed by atoms with Gasteiger partial charge in [0.15, 0.2) is 5.71 Å². The van der Waals surface area contributed by atoms with Crippen molar-refractivity contribution in [3.8, 4) is 10.9 Å². The number of carbonyl (C=O) groups is 1. The highest BCUT2D eigenvalue weighted by atomic mass is 32.2. The third-order valence-corrected chi connectivity index (χ3v) is 3.21. The highest BCUT2D eigenvalue weighted by Gasteiger charge is 2.19. The first-order chi connectivity index (χ1) is 10.3. The number of rotatable bonds is 6.